The van der Waals surface area contributed by atoms with Crippen LogP contribution in [-0.4, -0.2) is 26.7 Å². The molecule has 0 aliphatic carbocycles. The first-order valence-corrected chi connectivity index (χ1v) is 19.3. The largest absolute Gasteiger partial charge is 0.508 e. The quantitative estimate of drug-likeness (QED) is 0.0419. The number of aromatic nitrogens is 2. The molecule has 0 spiro atoms. The van der Waals surface area contributed by atoms with Gasteiger partial charge in [0.25, 0.3) is 0 Å². The molecule has 4 aromatic rings. The number of ketones is 1. The maximum Gasteiger partial charge on any atom is 0.180 e. The number of nitrogens with two attached hydrogens (primary N) is 1. The highest BCUT2D eigenvalue weighted by molar-refractivity contribution is 5.94. The molecule has 274 valence electrons. The topological polar surface area (TPSA) is 116 Å². The van der Waals surface area contributed by atoms with E-state index in [-0.39, 0.29) is 28.7 Å². The van der Waals surface area contributed by atoms with Crippen molar-refractivity contribution < 1.29 is 9.90 Å². The predicted molar refractivity (Wildman–Crippen MR) is 212 cm³/mol. The fourth-order valence-electron chi connectivity index (χ4n) is 8.68. The third kappa shape index (κ3) is 9.58. The number of phenols is 1. The minimum Gasteiger partial charge on any atom is -0.508 e. The van der Waals surface area contributed by atoms with Gasteiger partial charge in [-0.3, -0.25) is 10.2 Å². The monoisotopic (exact) mass is 690 g/mol. The van der Waals surface area contributed by atoms with Crippen molar-refractivity contribution >= 4 is 11.6 Å². The smallest absolute Gasteiger partial charge is 0.180 e. The number of nitrogens with zero attached hydrogens (tertiary/aromatic N) is 1. The molecule has 51 heavy (non-hydrogen) atoms. The molecule has 0 fully saturated rings. The summed E-state index contributed by atoms with van der Waals surface area (Å²) >= 11 is 0. The second-order valence-electron chi connectivity index (χ2n) is 15.1. The molecule has 0 aliphatic rings. The number of hydrogen-bond acceptors (Lipinski definition) is 4. The van der Waals surface area contributed by atoms with Gasteiger partial charge in [-0.05, 0) is 145 Å². The first kappa shape index (κ1) is 39.6. The van der Waals surface area contributed by atoms with E-state index in [4.69, 9.17) is 11.1 Å². The highest BCUT2D eigenvalue weighted by Crippen LogP contribution is 2.50. The minimum atomic E-state index is -0.161. The molecule has 3 aromatic carbocycles. The van der Waals surface area contributed by atoms with Crippen molar-refractivity contribution in [2.75, 3.05) is 0 Å². The Morgan fingerprint density at radius 3 is 2.16 bits per heavy atom. The van der Waals surface area contributed by atoms with Crippen LogP contribution >= 0.6 is 0 Å². The van der Waals surface area contributed by atoms with Crippen molar-refractivity contribution in [3.63, 3.8) is 0 Å². The summed E-state index contributed by atoms with van der Waals surface area (Å²) < 4.78 is 0. The van der Waals surface area contributed by atoms with E-state index in [1.165, 1.54) is 44.5 Å². The van der Waals surface area contributed by atoms with Crippen LogP contribution in [0, 0.1) is 25.2 Å². The Balaban J connectivity index is 1.97. The van der Waals surface area contributed by atoms with Crippen LogP contribution in [0.4, 0.5) is 0 Å². The van der Waals surface area contributed by atoms with Gasteiger partial charge >= 0.3 is 0 Å². The summed E-state index contributed by atoms with van der Waals surface area (Å²) in [5.74, 6) is 1.56. The molecule has 0 radical (unpaired) electrons. The molecular formula is C45H62N4O2. The lowest BCUT2D eigenvalue weighted by Gasteiger charge is -2.45. The highest BCUT2D eigenvalue weighted by atomic mass is 16.3. The molecular weight excluding hydrogens is 629 g/mol. The SMILES string of the molecule is CCC(C)c1c(CCc2ccccc2)c(C)c(C(CCCC(=N)N)(CCc2ccc(O)cc2)C(C)CC)c(C)c1C(C)CCC(=O)c1cnc[nH]1. The van der Waals surface area contributed by atoms with Crippen LogP contribution in [0.2, 0.25) is 0 Å². The summed E-state index contributed by atoms with van der Waals surface area (Å²) in [6, 6.07) is 18.5. The highest BCUT2D eigenvalue weighted by Gasteiger charge is 2.41. The third-order valence-corrected chi connectivity index (χ3v) is 11.8. The van der Waals surface area contributed by atoms with Crippen LogP contribution in [0.25, 0.3) is 0 Å². The second kappa shape index (κ2) is 18.3. The van der Waals surface area contributed by atoms with Crippen molar-refractivity contribution in [2.24, 2.45) is 11.7 Å². The van der Waals surface area contributed by atoms with Gasteiger partial charge in [0.05, 0.1) is 18.4 Å². The second-order valence-corrected chi connectivity index (χ2v) is 15.1. The Morgan fingerprint density at radius 1 is 0.863 bits per heavy atom. The van der Waals surface area contributed by atoms with Crippen molar-refractivity contribution in [1.29, 1.82) is 5.41 Å². The fraction of sp³-hybridized carbons (Fsp3) is 0.489. The Morgan fingerprint density at radius 2 is 1.55 bits per heavy atom. The molecule has 0 aliphatic heterocycles. The van der Waals surface area contributed by atoms with Gasteiger partial charge in [0.2, 0.25) is 0 Å². The van der Waals surface area contributed by atoms with E-state index in [1.54, 1.807) is 24.7 Å². The van der Waals surface area contributed by atoms with Crippen LogP contribution in [0.3, 0.4) is 0 Å². The standard InChI is InChI=1S/C45H62N4O2/c1-8-30(3)43-38(23-20-35-14-11-10-12-15-35)33(6)44(34(7)42(43)31(4)17-24-40(51)39-28-48-29-49-39)45(32(5)9-2,26-13-16-41(46)47)27-25-36-18-21-37(50)22-19-36/h10-12,14-15,18-19,21-22,28-32,50H,8-9,13,16-17,20,23-27H2,1-7H3,(H3,46,47)(H,48,49). The summed E-state index contributed by atoms with van der Waals surface area (Å²) in [4.78, 5) is 20.3. The van der Waals surface area contributed by atoms with E-state index in [1.807, 2.05) is 12.1 Å². The number of Topliss-reactive ketones (excluding diaryl/α,β-unsaturated/α-hetero) is 1. The van der Waals surface area contributed by atoms with Crippen molar-refractivity contribution in [3.05, 3.63) is 117 Å². The van der Waals surface area contributed by atoms with Gasteiger partial charge in [0.15, 0.2) is 5.78 Å². The van der Waals surface area contributed by atoms with Gasteiger partial charge < -0.3 is 15.8 Å². The number of benzene rings is 3. The van der Waals surface area contributed by atoms with Gasteiger partial charge in [-0.25, -0.2) is 4.98 Å². The summed E-state index contributed by atoms with van der Waals surface area (Å²) in [5.41, 5.74) is 17.6. The van der Waals surface area contributed by atoms with Crippen LogP contribution < -0.4 is 5.73 Å². The Bertz CT molecular complexity index is 1710. The number of aromatic amines is 1. The molecule has 0 saturated carbocycles. The van der Waals surface area contributed by atoms with Crippen molar-refractivity contribution in [3.8, 4) is 5.75 Å². The molecule has 5 N–H and O–H groups in total. The molecule has 0 bridgehead atoms. The number of carbonyl (C=O) groups excluding carboxylic acids is 1. The molecule has 6 heteroatoms. The zero-order valence-corrected chi connectivity index (χ0v) is 32.2. The Hall–Kier alpha value is -4.19. The molecule has 4 rings (SSSR count). The van der Waals surface area contributed by atoms with Crippen LogP contribution in [0.1, 0.15) is 153 Å². The lowest BCUT2D eigenvalue weighted by Crippen LogP contribution is -2.37. The number of aromatic hydroxyl groups is 1. The van der Waals surface area contributed by atoms with Gasteiger partial charge in [-0.2, -0.15) is 0 Å². The average Bonchev–Trinajstić information content (AvgIpc) is 3.67. The molecule has 0 amide bonds. The number of amidine groups is 1. The van der Waals surface area contributed by atoms with Crippen molar-refractivity contribution in [2.45, 2.75) is 136 Å². The Kier molecular flexibility index (Phi) is 14.2. The number of hydrogen-bond donors (Lipinski definition) is 4. The first-order chi connectivity index (χ1) is 24.4. The van der Waals surface area contributed by atoms with Gasteiger partial charge in [-0.15, -0.1) is 0 Å². The van der Waals surface area contributed by atoms with Gasteiger partial charge in [0, 0.05) is 12.8 Å². The molecule has 4 atom stereocenters. The number of nitrogens with one attached hydrogen (secondary N) is 2. The predicted octanol–water partition coefficient (Wildman–Crippen LogP) is 10.8. The van der Waals surface area contributed by atoms with Crippen molar-refractivity contribution in [1.82, 2.24) is 9.97 Å². The maximum absolute atomic E-state index is 13.2. The zero-order valence-electron chi connectivity index (χ0n) is 32.2. The number of rotatable bonds is 20. The normalized spacial score (nSPS) is 14.5. The number of aryl methyl sites for hydroxylation is 2. The van der Waals surface area contributed by atoms with Gasteiger partial charge in [-0.1, -0.05) is 83.5 Å². The number of carbonyl (C=O) groups is 1. The van der Waals surface area contributed by atoms with E-state index in [0.717, 1.165) is 57.8 Å². The van der Waals surface area contributed by atoms with Crippen LogP contribution in [0.15, 0.2) is 67.1 Å². The van der Waals surface area contributed by atoms with E-state index in [0.29, 0.717) is 30.4 Å². The first-order valence-electron chi connectivity index (χ1n) is 19.3. The zero-order chi connectivity index (χ0) is 37.1. The summed E-state index contributed by atoms with van der Waals surface area (Å²) in [6.45, 7) is 16.5. The fourth-order valence-corrected chi connectivity index (χ4v) is 8.68. The summed E-state index contributed by atoms with van der Waals surface area (Å²) in [7, 11) is 0. The average molecular weight is 691 g/mol. The van der Waals surface area contributed by atoms with Gasteiger partial charge in [0.1, 0.15) is 11.4 Å². The van der Waals surface area contributed by atoms with Crippen LogP contribution in [0.5, 0.6) is 5.75 Å². The minimum absolute atomic E-state index is 0.103. The van der Waals surface area contributed by atoms with E-state index >= 15 is 0 Å². The van der Waals surface area contributed by atoms with E-state index in [9.17, 15) is 9.90 Å². The lowest BCUT2D eigenvalue weighted by atomic mass is 9.59. The summed E-state index contributed by atoms with van der Waals surface area (Å²) in [6.07, 6.45) is 12.6. The Labute approximate surface area is 307 Å². The molecule has 6 nitrogen and oxygen atoms in total. The number of phenolic OH excluding ortho intramolecular Hbond substituents is 1. The molecule has 1 heterocycles. The van der Waals surface area contributed by atoms with Crippen LogP contribution in [-0.2, 0) is 24.7 Å². The number of imidazole rings is 1. The van der Waals surface area contributed by atoms with E-state index in [2.05, 4.69) is 88.8 Å². The van der Waals surface area contributed by atoms with E-state index < -0.39 is 0 Å². The number of H-pyrrole nitrogens is 1. The molecule has 4 unspecified atom stereocenters. The third-order valence-electron chi connectivity index (χ3n) is 11.8. The lowest BCUT2D eigenvalue weighted by molar-refractivity contribution is 0.0973. The summed E-state index contributed by atoms with van der Waals surface area (Å²) in [5, 5.41) is 18.2. The molecule has 1 aromatic heterocycles. The molecule has 0 saturated heterocycles. The maximum atomic E-state index is 13.2.